The van der Waals surface area contributed by atoms with E-state index in [1.165, 1.54) is 0 Å². The maximum absolute atomic E-state index is 11.7. The molecule has 0 saturated carbocycles. The molecular formula is C11H21N5O. The SMILES string of the molecule is CCC(C)C(N)C(=O)NCCn1cnnc1C. The molecule has 0 spiro atoms. The summed E-state index contributed by atoms with van der Waals surface area (Å²) >= 11 is 0. The van der Waals surface area contributed by atoms with Crippen molar-refractivity contribution in [3.63, 3.8) is 0 Å². The Morgan fingerprint density at radius 3 is 2.88 bits per heavy atom. The predicted molar refractivity (Wildman–Crippen MR) is 65.2 cm³/mol. The Kier molecular flexibility index (Phi) is 5.09. The standard InChI is InChI=1S/C11H21N5O/c1-4-8(2)10(12)11(17)13-5-6-16-7-14-15-9(16)3/h7-8,10H,4-6,12H2,1-3H3,(H,13,17). The molecule has 0 aliphatic rings. The topological polar surface area (TPSA) is 85.8 Å². The summed E-state index contributed by atoms with van der Waals surface area (Å²) in [4.78, 5) is 11.7. The number of carbonyl (C=O) groups excluding carboxylic acids is 1. The normalized spacial score (nSPS) is 14.4. The van der Waals surface area contributed by atoms with Crippen molar-refractivity contribution in [3.8, 4) is 0 Å². The smallest absolute Gasteiger partial charge is 0.237 e. The zero-order chi connectivity index (χ0) is 12.8. The lowest BCUT2D eigenvalue weighted by molar-refractivity contribution is -0.123. The van der Waals surface area contributed by atoms with Gasteiger partial charge in [0.05, 0.1) is 6.04 Å². The van der Waals surface area contributed by atoms with Gasteiger partial charge in [0.1, 0.15) is 12.2 Å². The molecule has 2 unspecified atom stereocenters. The molecule has 17 heavy (non-hydrogen) atoms. The second kappa shape index (κ2) is 6.34. The van der Waals surface area contributed by atoms with Crippen molar-refractivity contribution >= 4 is 5.91 Å². The average Bonchev–Trinajstić information content (AvgIpc) is 2.73. The van der Waals surface area contributed by atoms with Crippen LogP contribution in [0.15, 0.2) is 6.33 Å². The van der Waals surface area contributed by atoms with E-state index in [0.717, 1.165) is 12.2 Å². The monoisotopic (exact) mass is 239 g/mol. The Morgan fingerprint density at radius 1 is 1.65 bits per heavy atom. The minimum Gasteiger partial charge on any atom is -0.353 e. The molecule has 0 fully saturated rings. The first-order chi connectivity index (χ1) is 8.06. The van der Waals surface area contributed by atoms with Crippen molar-refractivity contribution < 1.29 is 4.79 Å². The first kappa shape index (κ1) is 13.6. The molecule has 0 bridgehead atoms. The van der Waals surface area contributed by atoms with Crippen molar-refractivity contribution in [3.05, 3.63) is 12.2 Å². The van der Waals surface area contributed by atoms with E-state index < -0.39 is 6.04 Å². The van der Waals surface area contributed by atoms with Gasteiger partial charge in [-0.25, -0.2) is 0 Å². The van der Waals surface area contributed by atoms with E-state index in [1.807, 2.05) is 25.3 Å². The third kappa shape index (κ3) is 3.81. The van der Waals surface area contributed by atoms with Crippen LogP contribution < -0.4 is 11.1 Å². The molecule has 1 aromatic heterocycles. The number of nitrogens with zero attached hydrogens (tertiary/aromatic N) is 3. The number of nitrogens with one attached hydrogen (secondary N) is 1. The molecule has 1 heterocycles. The molecule has 0 saturated heterocycles. The summed E-state index contributed by atoms with van der Waals surface area (Å²) in [7, 11) is 0. The summed E-state index contributed by atoms with van der Waals surface area (Å²) in [6.45, 7) is 7.09. The van der Waals surface area contributed by atoms with Crippen LogP contribution in [0.1, 0.15) is 26.1 Å². The molecule has 6 heteroatoms. The van der Waals surface area contributed by atoms with Crippen LogP contribution in [0.3, 0.4) is 0 Å². The predicted octanol–water partition coefficient (Wildman–Crippen LogP) is 0.0761. The Labute approximate surface area is 102 Å². The number of nitrogens with two attached hydrogens (primary N) is 1. The van der Waals surface area contributed by atoms with Crippen LogP contribution >= 0.6 is 0 Å². The van der Waals surface area contributed by atoms with E-state index in [4.69, 9.17) is 5.73 Å². The number of amides is 1. The van der Waals surface area contributed by atoms with E-state index in [-0.39, 0.29) is 11.8 Å². The van der Waals surface area contributed by atoms with Gasteiger partial charge < -0.3 is 15.6 Å². The first-order valence-corrected chi connectivity index (χ1v) is 5.94. The van der Waals surface area contributed by atoms with E-state index in [1.54, 1.807) is 6.33 Å². The van der Waals surface area contributed by atoms with Crippen molar-refractivity contribution in [2.24, 2.45) is 11.7 Å². The molecule has 0 aliphatic carbocycles. The lowest BCUT2D eigenvalue weighted by Crippen LogP contribution is -2.45. The summed E-state index contributed by atoms with van der Waals surface area (Å²) < 4.78 is 1.88. The molecule has 96 valence electrons. The Balaban J connectivity index is 2.32. The van der Waals surface area contributed by atoms with Crippen molar-refractivity contribution in [2.75, 3.05) is 6.54 Å². The molecule has 0 aromatic carbocycles. The van der Waals surface area contributed by atoms with Crippen LogP contribution in [0.5, 0.6) is 0 Å². The highest BCUT2D eigenvalue weighted by molar-refractivity contribution is 5.81. The average molecular weight is 239 g/mol. The largest absolute Gasteiger partial charge is 0.353 e. The van der Waals surface area contributed by atoms with Crippen molar-refractivity contribution in [2.45, 2.75) is 39.8 Å². The zero-order valence-electron chi connectivity index (χ0n) is 10.7. The van der Waals surface area contributed by atoms with Gasteiger partial charge in [-0.1, -0.05) is 20.3 Å². The Hall–Kier alpha value is -1.43. The van der Waals surface area contributed by atoms with Crippen LogP contribution in [0.4, 0.5) is 0 Å². The highest BCUT2D eigenvalue weighted by atomic mass is 16.2. The van der Waals surface area contributed by atoms with Crippen molar-refractivity contribution in [1.82, 2.24) is 20.1 Å². The fourth-order valence-electron chi connectivity index (χ4n) is 1.46. The highest BCUT2D eigenvalue weighted by Crippen LogP contribution is 2.04. The van der Waals surface area contributed by atoms with Crippen molar-refractivity contribution in [1.29, 1.82) is 0 Å². The lowest BCUT2D eigenvalue weighted by atomic mass is 9.99. The fourth-order valence-corrected chi connectivity index (χ4v) is 1.46. The van der Waals surface area contributed by atoms with Crippen LogP contribution in [0, 0.1) is 12.8 Å². The molecule has 1 rings (SSSR count). The van der Waals surface area contributed by atoms with Crippen LogP contribution in [0.2, 0.25) is 0 Å². The maximum Gasteiger partial charge on any atom is 0.237 e. The fraction of sp³-hybridized carbons (Fsp3) is 0.727. The van der Waals surface area contributed by atoms with Gasteiger partial charge >= 0.3 is 0 Å². The van der Waals surface area contributed by atoms with Gasteiger partial charge in [0, 0.05) is 13.1 Å². The summed E-state index contributed by atoms with van der Waals surface area (Å²) in [5.74, 6) is 0.946. The number of rotatable bonds is 6. The molecule has 3 N–H and O–H groups in total. The molecule has 2 atom stereocenters. The van der Waals surface area contributed by atoms with E-state index >= 15 is 0 Å². The lowest BCUT2D eigenvalue weighted by Gasteiger charge is -2.17. The van der Waals surface area contributed by atoms with Crippen LogP contribution in [-0.4, -0.2) is 33.3 Å². The maximum atomic E-state index is 11.7. The third-order valence-corrected chi connectivity index (χ3v) is 3.02. The van der Waals surface area contributed by atoms with Gasteiger partial charge in [-0.05, 0) is 12.8 Å². The Bertz CT molecular complexity index is 362. The minimum absolute atomic E-state index is 0.0925. The zero-order valence-corrected chi connectivity index (χ0v) is 10.7. The second-order valence-electron chi connectivity index (χ2n) is 4.27. The minimum atomic E-state index is -0.429. The first-order valence-electron chi connectivity index (χ1n) is 5.94. The summed E-state index contributed by atoms with van der Waals surface area (Å²) in [5, 5.41) is 10.5. The molecule has 1 aromatic rings. The van der Waals surface area contributed by atoms with Gasteiger partial charge in [0.15, 0.2) is 0 Å². The third-order valence-electron chi connectivity index (χ3n) is 3.02. The molecule has 6 nitrogen and oxygen atoms in total. The summed E-state index contributed by atoms with van der Waals surface area (Å²) in [6.07, 6.45) is 2.55. The molecular weight excluding hydrogens is 218 g/mol. The van der Waals surface area contributed by atoms with E-state index in [2.05, 4.69) is 15.5 Å². The van der Waals surface area contributed by atoms with Gasteiger partial charge in [0.25, 0.3) is 0 Å². The van der Waals surface area contributed by atoms with Gasteiger partial charge in [-0.2, -0.15) is 0 Å². The highest BCUT2D eigenvalue weighted by Gasteiger charge is 2.18. The summed E-state index contributed by atoms with van der Waals surface area (Å²) in [5.41, 5.74) is 5.82. The molecule has 1 amide bonds. The van der Waals surface area contributed by atoms with Gasteiger partial charge in [-0.15, -0.1) is 10.2 Å². The van der Waals surface area contributed by atoms with Crippen LogP contribution in [0.25, 0.3) is 0 Å². The number of hydrogen-bond donors (Lipinski definition) is 2. The number of hydrogen-bond acceptors (Lipinski definition) is 4. The van der Waals surface area contributed by atoms with Crippen LogP contribution in [-0.2, 0) is 11.3 Å². The number of carbonyl (C=O) groups is 1. The van der Waals surface area contributed by atoms with Gasteiger partial charge in [-0.3, -0.25) is 4.79 Å². The Morgan fingerprint density at radius 2 is 2.35 bits per heavy atom. The molecule has 0 radical (unpaired) electrons. The van der Waals surface area contributed by atoms with Gasteiger partial charge in [0.2, 0.25) is 5.91 Å². The second-order valence-corrected chi connectivity index (χ2v) is 4.27. The molecule has 0 aliphatic heterocycles. The van der Waals surface area contributed by atoms with E-state index in [9.17, 15) is 4.79 Å². The number of aryl methyl sites for hydroxylation is 1. The quantitative estimate of drug-likeness (QED) is 0.736. The number of aromatic nitrogens is 3. The van der Waals surface area contributed by atoms with E-state index in [0.29, 0.717) is 13.1 Å². The summed E-state index contributed by atoms with van der Waals surface area (Å²) in [6, 6.07) is -0.429.